The van der Waals surface area contributed by atoms with E-state index in [2.05, 4.69) is 19.1 Å². The van der Waals surface area contributed by atoms with Crippen LogP contribution in [0.1, 0.15) is 135 Å². The molecular weight excluding hydrogens is 548 g/mol. The molecule has 0 aromatic heterocycles. The first-order valence-electron chi connectivity index (χ1n) is 17.6. The molecule has 0 aromatic carbocycles. The quantitative estimate of drug-likeness (QED) is 0.0720. The minimum atomic E-state index is -1.17. The normalized spacial score (nSPS) is 29.7. The summed E-state index contributed by atoms with van der Waals surface area (Å²) in [7, 11) is 0. The Morgan fingerprint density at radius 3 is 2.09 bits per heavy atom. The van der Waals surface area contributed by atoms with Gasteiger partial charge < -0.3 is 33.5 Å². The van der Waals surface area contributed by atoms with E-state index in [1.54, 1.807) is 0 Å². The molecular formula is C35H58O8. The molecule has 0 spiro atoms. The third-order valence-electron chi connectivity index (χ3n) is 9.31. The molecule has 246 valence electrons. The summed E-state index contributed by atoms with van der Waals surface area (Å²) in [5.41, 5.74) is 0. The van der Waals surface area contributed by atoms with Crippen LogP contribution in [0.5, 0.6) is 0 Å². The molecule has 4 fully saturated rings. The van der Waals surface area contributed by atoms with Gasteiger partial charge >= 0.3 is 5.97 Å². The first-order valence-corrected chi connectivity index (χ1v) is 17.6. The highest BCUT2D eigenvalue weighted by molar-refractivity contribution is 5.85. The van der Waals surface area contributed by atoms with Gasteiger partial charge in [0.15, 0.2) is 24.6 Å². The number of hydrogen-bond donors (Lipinski definition) is 1. The van der Waals surface area contributed by atoms with Gasteiger partial charge in [-0.3, -0.25) is 0 Å². The summed E-state index contributed by atoms with van der Waals surface area (Å²) in [6.45, 7) is 4.06. The van der Waals surface area contributed by atoms with E-state index >= 15 is 0 Å². The molecule has 43 heavy (non-hydrogen) atoms. The average molecular weight is 607 g/mol. The van der Waals surface area contributed by atoms with Crippen molar-refractivity contribution in [3.05, 3.63) is 23.7 Å². The van der Waals surface area contributed by atoms with E-state index in [0.717, 1.165) is 57.8 Å². The number of carbonyl (C=O) groups is 1. The van der Waals surface area contributed by atoms with Crippen molar-refractivity contribution in [1.29, 1.82) is 0 Å². The molecule has 0 bridgehead atoms. The molecule has 1 saturated carbocycles. The van der Waals surface area contributed by atoms with Crippen LogP contribution in [0, 0.1) is 11.8 Å². The number of unbranched alkanes of at least 4 members (excludes halogenated alkanes) is 4. The Balaban J connectivity index is 1.47. The Bertz CT molecular complexity index is 839. The van der Waals surface area contributed by atoms with Gasteiger partial charge in [0.2, 0.25) is 5.76 Å². The maximum absolute atomic E-state index is 12.7. The predicted octanol–water partition coefficient (Wildman–Crippen LogP) is 8.39. The van der Waals surface area contributed by atoms with Crippen molar-refractivity contribution in [3.8, 4) is 0 Å². The minimum absolute atomic E-state index is 0.216. The molecule has 4 rings (SSSR count). The second kappa shape index (κ2) is 19.7. The topological polar surface area (TPSA) is 92.7 Å². The van der Waals surface area contributed by atoms with Crippen LogP contribution < -0.4 is 0 Å². The largest absolute Gasteiger partial charge is 0.475 e. The number of ether oxygens (including phenoxy) is 6. The minimum Gasteiger partial charge on any atom is -0.475 e. The summed E-state index contributed by atoms with van der Waals surface area (Å²) < 4.78 is 36.6. The van der Waals surface area contributed by atoms with Crippen molar-refractivity contribution < 1.29 is 38.3 Å². The summed E-state index contributed by atoms with van der Waals surface area (Å²) in [6.07, 6.45) is 23.6. The van der Waals surface area contributed by atoms with Crippen LogP contribution in [0.15, 0.2) is 23.7 Å². The van der Waals surface area contributed by atoms with Gasteiger partial charge in [-0.05, 0) is 95.3 Å². The average Bonchev–Trinajstić information content (AvgIpc) is 3.48. The second-order valence-corrected chi connectivity index (χ2v) is 12.8. The lowest BCUT2D eigenvalue weighted by Crippen LogP contribution is -2.35. The molecule has 4 unspecified atom stereocenters. The van der Waals surface area contributed by atoms with Gasteiger partial charge in [-0.1, -0.05) is 51.2 Å². The lowest BCUT2D eigenvalue weighted by Gasteiger charge is -2.33. The number of hydrogen-bond acceptors (Lipinski definition) is 7. The van der Waals surface area contributed by atoms with E-state index in [1.807, 2.05) is 0 Å². The fourth-order valence-corrected chi connectivity index (χ4v) is 6.84. The maximum Gasteiger partial charge on any atom is 0.375 e. The monoisotopic (exact) mass is 606 g/mol. The van der Waals surface area contributed by atoms with Crippen molar-refractivity contribution >= 4 is 5.97 Å². The lowest BCUT2D eigenvalue weighted by atomic mass is 9.89. The van der Waals surface area contributed by atoms with Gasteiger partial charge in [-0.25, -0.2) is 4.79 Å². The third-order valence-corrected chi connectivity index (χ3v) is 9.31. The van der Waals surface area contributed by atoms with E-state index in [1.165, 1.54) is 51.4 Å². The van der Waals surface area contributed by atoms with Crippen LogP contribution in [0.4, 0.5) is 0 Å². The van der Waals surface area contributed by atoms with Crippen LogP contribution in [0.25, 0.3) is 0 Å². The summed E-state index contributed by atoms with van der Waals surface area (Å²) in [5, 5.41) is 10.4. The van der Waals surface area contributed by atoms with Crippen LogP contribution in [-0.2, 0) is 33.2 Å². The smallest absolute Gasteiger partial charge is 0.375 e. The van der Waals surface area contributed by atoms with Crippen molar-refractivity contribution in [2.45, 2.75) is 160 Å². The molecule has 1 aliphatic carbocycles. The molecule has 0 aromatic rings. The standard InChI is InChI=1S/C35H58O8/c1-2-3-4-5-6-7-16-27-17-14-18-28(27)19-15-20-29(41-30-21-8-11-24-38-30)33(42-31-22-9-12-25-39-31)34(35(36)37)43-32-23-10-13-26-40-32/h7,16,27-32H,2-6,8-15,17-26H2,1H3,(H,36,37)/b16-7+,34-33+/t27-,28+,29?,30?,31?,32?/m0/s1. The molecule has 4 aliphatic rings. The van der Waals surface area contributed by atoms with E-state index < -0.39 is 24.7 Å². The highest BCUT2D eigenvalue weighted by Crippen LogP contribution is 2.37. The number of carboxylic acid groups (broad SMARTS) is 1. The van der Waals surface area contributed by atoms with Gasteiger partial charge in [-0.15, -0.1) is 0 Å². The van der Waals surface area contributed by atoms with Crippen LogP contribution in [0.3, 0.4) is 0 Å². The molecule has 3 aliphatic heterocycles. The Morgan fingerprint density at radius 2 is 1.47 bits per heavy atom. The van der Waals surface area contributed by atoms with E-state index in [9.17, 15) is 9.90 Å². The van der Waals surface area contributed by atoms with E-state index in [0.29, 0.717) is 50.9 Å². The fourth-order valence-electron chi connectivity index (χ4n) is 6.84. The molecule has 8 nitrogen and oxygen atoms in total. The van der Waals surface area contributed by atoms with Crippen LogP contribution in [-0.4, -0.2) is 55.9 Å². The van der Waals surface area contributed by atoms with Crippen molar-refractivity contribution in [1.82, 2.24) is 0 Å². The van der Waals surface area contributed by atoms with Crippen molar-refractivity contribution in [2.75, 3.05) is 19.8 Å². The fraction of sp³-hybridized carbons (Fsp3) is 0.857. The number of allylic oxidation sites excluding steroid dienone is 2. The zero-order valence-corrected chi connectivity index (χ0v) is 26.7. The Labute approximate surface area is 259 Å². The first kappa shape index (κ1) is 34.3. The number of rotatable bonds is 18. The van der Waals surface area contributed by atoms with Gasteiger partial charge in [0.05, 0.1) is 13.2 Å². The van der Waals surface area contributed by atoms with E-state index in [-0.39, 0.29) is 17.8 Å². The maximum atomic E-state index is 12.7. The molecule has 6 atom stereocenters. The van der Waals surface area contributed by atoms with Gasteiger partial charge in [0.25, 0.3) is 0 Å². The Kier molecular flexibility index (Phi) is 15.7. The Hall–Kier alpha value is -1.61. The molecule has 3 saturated heterocycles. The van der Waals surface area contributed by atoms with Crippen molar-refractivity contribution in [3.63, 3.8) is 0 Å². The molecule has 0 radical (unpaired) electrons. The number of carboxylic acids is 1. The molecule has 3 heterocycles. The summed E-state index contributed by atoms with van der Waals surface area (Å²) in [5.74, 6) is 0.122. The van der Waals surface area contributed by atoms with Crippen LogP contribution in [0.2, 0.25) is 0 Å². The molecule has 0 amide bonds. The van der Waals surface area contributed by atoms with Gasteiger partial charge in [0.1, 0.15) is 6.10 Å². The van der Waals surface area contributed by atoms with Gasteiger partial charge in [-0.2, -0.15) is 0 Å². The summed E-state index contributed by atoms with van der Waals surface area (Å²) >= 11 is 0. The third kappa shape index (κ3) is 12.0. The molecule has 8 heteroatoms. The first-order chi connectivity index (χ1) is 21.1. The zero-order valence-electron chi connectivity index (χ0n) is 26.7. The van der Waals surface area contributed by atoms with Crippen molar-refractivity contribution in [2.24, 2.45) is 11.8 Å². The van der Waals surface area contributed by atoms with E-state index in [4.69, 9.17) is 28.4 Å². The molecule has 1 N–H and O–H groups in total. The number of aliphatic carboxylic acids is 1. The summed E-state index contributed by atoms with van der Waals surface area (Å²) in [4.78, 5) is 12.7. The highest BCUT2D eigenvalue weighted by atomic mass is 16.7. The van der Waals surface area contributed by atoms with Gasteiger partial charge in [0, 0.05) is 19.4 Å². The predicted molar refractivity (Wildman–Crippen MR) is 165 cm³/mol. The SMILES string of the molecule is CCCCCC/C=C/[C@H]1CCC[C@@H]1CCCC(OC1CCCCO1)/C(OC1CCCCO1)=C(\OC1CCCCO1)C(=O)O. The zero-order chi connectivity index (χ0) is 30.1. The lowest BCUT2D eigenvalue weighted by molar-refractivity contribution is -0.210. The Morgan fingerprint density at radius 1 is 0.791 bits per heavy atom. The van der Waals surface area contributed by atoms with Crippen LogP contribution >= 0.6 is 0 Å². The summed E-state index contributed by atoms with van der Waals surface area (Å²) in [6, 6.07) is 0. The second-order valence-electron chi connectivity index (χ2n) is 12.8. The highest BCUT2D eigenvalue weighted by Gasteiger charge is 2.35.